The van der Waals surface area contributed by atoms with Crippen LogP contribution in [0.25, 0.3) is 0 Å². The van der Waals surface area contributed by atoms with Gasteiger partial charge in [-0.1, -0.05) is 20.8 Å². The molecule has 2 N–H and O–H groups in total. The number of halogens is 4. The van der Waals surface area contributed by atoms with E-state index in [0.717, 1.165) is 6.07 Å². The van der Waals surface area contributed by atoms with Gasteiger partial charge < -0.3 is 9.52 Å². The van der Waals surface area contributed by atoms with E-state index >= 15 is 0 Å². The van der Waals surface area contributed by atoms with Gasteiger partial charge in [0.2, 0.25) is 21.8 Å². The Bertz CT molecular complexity index is 939. The molecule has 0 fully saturated rings. The summed E-state index contributed by atoms with van der Waals surface area (Å²) in [5, 5.41) is 17.1. The van der Waals surface area contributed by atoms with Gasteiger partial charge in [-0.25, -0.2) is 8.42 Å². The fourth-order valence-corrected chi connectivity index (χ4v) is 3.92. The zero-order chi connectivity index (χ0) is 21.3. The van der Waals surface area contributed by atoms with Crippen molar-refractivity contribution in [1.29, 1.82) is 0 Å². The molecule has 28 heavy (non-hydrogen) atoms. The van der Waals surface area contributed by atoms with Crippen molar-refractivity contribution in [2.24, 2.45) is 0 Å². The Balaban J connectivity index is 2.37. The molecular formula is C16H19ClF3N3O4S. The SMILES string of the molecule is CC(C)(C)c1nnc(C(CO)NS(=O)(=O)c2ccc(C(F)(F)F)cc2CCl)o1. The normalized spacial score (nSPS) is 14.3. The highest BCUT2D eigenvalue weighted by atomic mass is 35.5. The second-order valence-corrected chi connectivity index (χ2v) is 8.96. The average molecular weight is 442 g/mol. The van der Waals surface area contributed by atoms with Crippen LogP contribution in [0.1, 0.15) is 49.7 Å². The van der Waals surface area contributed by atoms with E-state index in [2.05, 4.69) is 14.9 Å². The fraction of sp³-hybridized carbons (Fsp3) is 0.500. The molecule has 0 aliphatic heterocycles. The fourth-order valence-electron chi connectivity index (χ4n) is 2.22. The Morgan fingerprint density at radius 3 is 2.36 bits per heavy atom. The first-order valence-electron chi connectivity index (χ1n) is 8.02. The quantitative estimate of drug-likeness (QED) is 0.667. The predicted molar refractivity (Wildman–Crippen MR) is 94.1 cm³/mol. The molecule has 0 amide bonds. The summed E-state index contributed by atoms with van der Waals surface area (Å²) in [6.45, 7) is 4.70. The maximum atomic E-state index is 12.8. The van der Waals surface area contributed by atoms with Gasteiger partial charge in [-0.05, 0) is 23.8 Å². The van der Waals surface area contributed by atoms with Crippen LogP contribution in [0.15, 0.2) is 27.5 Å². The van der Waals surface area contributed by atoms with Crippen molar-refractivity contribution in [1.82, 2.24) is 14.9 Å². The number of rotatable bonds is 6. The van der Waals surface area contributed by atoms with Crippen molar-refractivity contribution in [2.75, 3.05) is 6.61 Å². The Morgan fingerprint density at radius 2 is 1.89 bits per heavy atom. The third-order valence-corrected chi connectivity index (χ3v) is 5.54. The number of sulfonamides is 1. The summed E-state index contributed by atoms with van der Waals surface area (Å²) in [6, 6.07) is 0.841. The first-order valence-corrected chi connectivity index (χ1v) is 10.0. The van der Waals surface area contributed by atoms with Crippen LogP contribution >= 0.6 is 11.6 Å². The number of aliphatic hydroxyl groups excluding tert-OH is 1. The highest BCUT2D eigenvalue weighted by Gasteiger charge is 2.33. The standard InChI is InChI=1S/C16H19ClF3N3O4S/c1-15(2,3)14-22-21-13(27-14)11(8-24)23-28(25,26)12-5-4-10(16(18,19)20)6-9(12)7-17/h4-6,11,23-24H,7-8H2,1-3H3. The lowest BCUT2D eigenvalue weighted by Gasteiger charge is -2.16. The van der Waals surface area contributed by atoms with Crippen molar-refractivity contribution in [3.63, 3.8) is 0 Å². The Morgan fingerprint density at radius 1 is 1.25 bits per heavy atom. The molecule has 7 nitrogen and oxygen atoms in total. The largest absolute Gasteiger partial charge is 0.423 e. The summed E-state index contributed by atoms with van der Waals surface area (Å²) in [7, 11) is -4.34. The summed E-state index contributed by atoms with van der Waals surface area (Å²) < 4.78 is 71.5. The van der Waals surface area contributed by atoms with Crippen LogP contribution < -0.4 is 4.72 Å². The van der Waals surface area contributed by atoms with Gasteiger partial charge in [0, 0.05) is 11.3 Å². The monoisotopic (exact) mass is 441 g/mol. The maximum absolute atomic E-state index is 12.8. The van der Waals surface area contributed by atoms with E-state index in [1.54, 1.807) is 20.8 Å². The first kappa shape index (κ1) is 22.6. The molecule has 156 valence electrons. The average Bonchev–Trinajstić information content (AvgIpc) is 3.08. The number of hydrogen-bond acceptors (Lipinski definition) is 6. The topological polar surface area (TPSA) is 105 Å². The Labute approximate surface area is 165 Å². The number of alkyl halides is 4. The molecule has 1 atom stereocenters. The smallest absolute Gasteiger partial charge is 0.416 e. The lowest BCUT2D eigenvalue weighted by Crippen LogP contribution is -2.32. The van der Waals surface area contributed by atoms with E-state index in [9.17, 15) is 26.7 Å². The van der Waals surface area contributed by atoms with Gasteiger partial charge in [0.25, 0.3) is 0 Å². The lowest BCUT2D eigenvalue weighted by atomic mass is 9.97. The van der Waals surface area contributed by atoms with Crippen molar-refractivity contribution in [3.8, 4) is 0 Å². The summed E-state index contributed by atoms with van der Waals surface area (Å²) in [6.07, 6.45) is -4.64. The highest BCUT2D eigenvalue weighted by Crippen LogP contribution is 2.32. The molecule has 1 aromatic heterocycles. The molecule has 0 saturated carbocycles. The molecule has 2 rings (SSSR count). The molecule has 0 radical (unpaired) electrons. The van der Waals surface area contributed by atoms with Gasteiger partial charge in [-0.15, -0.1) is 21.8 Å². The molecule has 0 aliphatic carbocycles. The summed E-state index contributed by atoms with van der Waals surface area (Å²) >= 11 is 5.65. The zero-order valence-corrected chi connectivity index (χ0v) is 16.8. The summed E-state index contributed by atoms with van der Waals surface area (Å²) in [5.41, 5.74) is -1.75. The molecule has 0 saturated heterocycles. The molecule has 2 aromatic rings. The van der Waals surface area contributed by atoms with E-state index in [1.165, 1.54) is 0 Å². The third kappa shape index (κ3) is 5.02. The number of nitrogens with one attached hydrogen (secondary N) is 1. The van der Waals surface area contributed by atoms with Crippen molar-refractivity contribution >= 4 is 21.6 Å². The van der Waals surface area contributed by atoms with Crippen LogP contribution in [0, 0.1) is 0 Å². The molecule has 1 heterocycles. The molecule has 0 bridgehead atoms. The van der Waals surface area contributed by atoms with Crippen LogP contribution in [-0.4, -0.2) is 30.3 Å². The second-order valence-electron chi connectivity index (χ2n) is 7.01. The van der Waals surface area contributed by atoms with Crippen molar-refractivity contribution < 1.29 is 31.1 Å². The third-order valence-electron chi connectivity index (χ3n) is 3.68. The van der Waals surface area contributed by atoms with E-state index in [0.29, 0.717) is 12.1 Å². The molecule has 0 aliphatic rings. The van der Waals surface area contributed by atoms with Crippen LogP contribution in [0.2, 0.25) is 0 Å². The number of nitrogens with zero attached hydrogens (tertiary/aromatic N) is 2. The molecule has 0 spiro atoms. The van der Waals surface area contributed by atoms with Crippen molar-refractivity contribution in [2.45, 2.75) is 49.2 Å². The van der Waals surface area contributed by atoms with E-state index in [-0.39, 0.29) is 17.3 Å². The van der Waals surface area contributed by atoms with Gasteiger partial charge >= 0.3 is 6.18 Å². The van der Waals surface area contributed by atoms with Gasteiger partial charge in [0.15, 0.2) is 0 Å². The maximum Gasteiger partial charge on any atom is 0.416 e. The second kappa shape index (κ2) is 7.97. The summed E-state index contributed by atoms with van der Waals surface area (Å²) in [5.74, 6) is -0.398. The Hall–Kier alpha value is -1.69. The molecule has 12 heteroatoms. The Kier molecular flexibility index (Phi) is 6.44. The van der Waals surface area contributed by atoms with Crippen LogP contribution in [0.5, 0.6) is 0 Å². The number of aliphatic hydroxyl groups is 1. The van der Waals surface area contributed by atoms with Gasteiger partial charge in [-0.3, -0.25) is 0 Å². The van der Waals surface area contributed by atoms with Crippen molar-refractivity contribution in [3.05, 3.63) is 41.1 Å². The highest BCUT2D eigenvalue weighted by molar-refractivity contribution is 7.89. The lowest BCUT2D eigenvalue weighted by molar-refractivity contribution is -0.137. The molecular weight excluding hydrogens is 423 g/mol. The van der Waals surface area contributed by atoms with Gasteiger partial charge in [0.05, 0.1) is 17.1 Å². The van der Waals surface area contributed by atoms with Crippen LogP contribution in [0.3, 0.4) is 0 Å². The minimum Gasteiger partial charge on any atom is -0.423 e. The van der Waals surface area contributed by atoms with Gasteiger partial charge in [-0.2, -0.15) is 17.9 Å². The van der Waals surface area contributed by atoms with E-state index in [4.69, 9.17) is 16.0 Å². The summed E-state index contributed by atoms with van der Waals surface area (Å²) in [4.78, 5) is -0.440. The number of hydrogen-bond donors (Lipinski definition) is 2. The molecule has 1 unspecified atom stereocenters. The minimum atomic E-state index is -4.64. The predicted octanol–water partition coefficient (Wildman–Crippen LogP) is 3.14. The minimum absolute atomic E-state index is 0.171. The first-order chi connectivity index (χ1) is 12.8. The van der Waals surface area contributed by atoms with Gasteiger partial charge in [0.1, 0.15) is 6.04 Å². The van der Waals surface area contributed by atoms with Crippen LogP contribution in [-0.2, 0) is 27.5 Å². The van der Waals surface area contributed by atoms with E-state index < -0.39 is 50.6 Å². The van der Waals surface area contributed by atoms with Crippen LogP contribution in [0.4, 0.5) is 13.2 Å². The number of benzene rings is 1. The van der Waals surface area contributed by atoms with E-state index in [1.807, 2.05) is 0 Å². The molecule has 1 aromatic carbocycles. The number of aromatic nitrogens is 2. The zero-order valence-electron chi connectivity index (χ0n) is 15.2.